The minimum atomic E-state index is -0.764. The number of rotatable bonds is 11. The van der Waals surface area contributed by atoms with Gasteiger partial charge in [0.2, 0.25) is 0 Å². The Morgan fingerprint density at radius 1 is 1.08 bits per heavy atom. The maximum atomic E-state index is 13.7. The first-order chi connectivity index (χ1) is 17.1. The lowest BCUT2D eigenvalue weighted by Crippen LogP contribution is -2.28. The quantitative estimate of drug-likeness (QED) is 0.392. The Labute approximate surface area is 211 Å². The molecule has 0 bridgehead atoms. The first-order valence-corrected chi connectivity index (χ1v) is 12.1. The lowest BCUT2D eigenvalue weighted by Gasteiger charge is -2.20. The molecular weight excluding hydrogens is 464 g/mol. The standard InChI is InChI=1S/C28H34F2N3O3/c1-5-23(34)16-24(35)13-14-33-26(18(2)3)25(31-27(33)20-9-11-21(29)12-10-20)28(36)32(4)17-19-7-6-8-22(30)15-19/h6-12,15,18,23-24,34-35H,1,5,13-14,16-17H2,2-4H3. The van der Waals surface area contributed by atoms with Crippen molar-refractivity contribution in [2.45, 2.75) is 64.3 Å². The molecular formula is C28H34F2N3O3. The third kappa shape index (κ3) is 6.77. The number of hydrogen-bond donors (Lipinski definition) is 2. The van der Waals surface area contributed by atoms with Gasteiger partial charge in [-0.3, -0.25) is 4.79 Å². The summed E-state index contributed by atoms with van der Waals surface area (Å²) in [5.74, 6) is -0.675. The van der Waals surface area contributed by atoms with Gasteiger partial charge in [-0.15, -0.1) is 0 Å². The van der Waals surface area contributed by atoms with Gasteiger partial charge >= 0.3 is 0 Å². The van der Waals surface area contributed by atoms with Crippen LogP contribution < -0.4 is 0 Å². The summed E-state index contributed by atoms with van der Waals surface area (Å²) in [7, 11) is 1.64. The van der Waals surface area contributed by atoms with Crippen molar-refractivity contribution >= 4 is 5.91 Å². The number of aromatic nitrogens is 2. The molecule has 0 saturated heterocycles. The zero-order valence-electron chi connectivity index (χ0n) is 21.0. The van der Waals surface area contributed by atoms with E-state index in [4.69, 9.17) is 4.98 Å². The topological polar surface area (TPSA) is 78.6 Å². The number of aliphatic hydroxyl groups is 2. The predicted octanol–water partition coefficient (Wildman–Crippen LogP) is 4.95. The van der Waals surface area contributed by atoms with Crippen molar-refractivity contribution < 1.29 is 23.8 Å². The normalized spacial score (nSPS) is 13.1. The first-order valence-electron chi connectivity index (χ1n) is 12.1. The van der Waals surface area contributed by atoms with E-state index in [1.54, 1.807) is 31.3 Å². The number of halogens is 2. The highest BCUT2D eigenvalue weighted by atomic mass is 19.1. The van der Waals surface area contributed by atoms with Crippen molar-refractivity contribution in [1.29, 1.82) is 0 Å². The van der Waals surface area contributed by atoms with Crippen molar-refractivity contribution in [3.8, 4) is 11.4 Å². The second-order valence-corrected chi connectivity index (χ2v) is 9.39. The highest BCUT2D eigenvalue weighted by Crippen LogP contribution is 2.30. The molecule has 193 valence electrons. The molecule has 3 rings (SSSR count). The molecule has 1 amide bonds. The summed E-state index contributed by atoms with van der Waals surface area (Å²) in [6.07, 6.45) is -0.633. The highest BCUT2D eigenvalue weighted by molar-refractivity contribution is 5.94. The van der Waals surface area contributed by atoms with Crippen LogP contribution in [0.3, 0.4) is 0 Å². The van der Waals surface area contributed by atoms with E-state index in [0.29, 0.717) is 42.0 Å². The largest absolute Gasteiger partial charge is 0.393 e. The monoisotopic (exact) mass is 498 g/mol. The van der Waals surface area contributed by atoms with E-state index >= 15 is 0 Å². The summed E-state index contributed by atoms with van der Waals surface area (Å²) in [5, 5.41) is 20.3. The summed E-state index contributed by atoms with van der Waals surface area (Å²) in [4.78, 5) is 19.7. The summed E-state index contributed by atoms with van der Waals surface area (Å²) < 4.78 is 29.2. The van der Waals surface area contributed by atoms with E-state index in [1.165, 1.54) is 29.2 Å². The Balaban J connectivity index is 1.99. The Hall–Kier alpha value is -3.10. The van der Waals surface area contributed by atoms with Crippen molar-refractivity contribution in [3.05, 3.63) is 84.0 Å². The molecule has 0 aliphatic carbocycles. The van der Waals surface area contributed by atoms with Gasteiger partial charge in [0.15, 0.2) is 5.69 Å². The van der Waals surface area contributed by atoms with Gasteiger partial charge in [0, 0.05) is 25.7 Å². The minimum Gasteiger partial charge on any atom is -0.393 e. The molecule has 0 spiro atoms. The molecule has 1 radical (unpaired) electrons. The predicted molar refractivity (Wildman–Crippen MR) is 135 cm³/mol. The average molecular weight is 499 g/mol. The van der Waals surface area contributed by atoms with Gasteiger partial charge in [0.25, 0.3) is 5.91 Å². The van der Waals surface area contributed by atoms with Crippen LogP contribution in [0.2, 0.25) is 0 Å². The molecule has 36 heavy (non-hydrogen) atoms. The molecule has 8 heteroatoms. The number of aliphatic hydroxyl groups excluding tert-OH is 2. The molecule has 0 aliphatic heterocycles. The fraction of sp³-hybridized carbons (Fsp3) is 0.393. The van der Waals surface area contributed by atoms with Crippen LogP contribution in [0, 0.1) is 18.6 Å². The Morgan fingerprint density at radius 2 is 1.78 bits per heavy atom. The maximum Gasteiger partial charge on any atom is 0.274 e. The van der Waals surface area contributed by atoms with E-state index < -0.39 is 12.2 Å². The van der Waals surface area contributed by atoms with Gasteiger partial charge in [-0.25, -0.2) is 13.8 Å². The first kappa shape index (κ1) is 27.5. The molecule has 2 N–H and O–H groups in total. The number of hydrogen-bond acceptors (Lipinski definition) is 4. The van der Waals surface area contributed by atoms with Gasteiger partial charge in [0.1, 0.15) is 17.5 Å². The average Bonchev–Trinajstić information content (AvgIpc) is 3.22. The molecule has 3 aromatic rings. The van der Waals surface area contributed by atoms with Gasteiger partial charge in [0.05, 0.1) is 17.9 Å². The molecule has 0 aliphatic rings. The van der Waals surface area contributed by atoms with Crippen LogP contribution in [0.1, 0.15) is 60.8 Å². The van der Waals surface area contributed by atoms with E-state index in [9.17, 15) is 23.8 Å². The summed E-state index contributed by atoms with van der Waals surface area (Å²) >= 11 is 0. The van der Waals surface area contributed by atoms with Crippen molar-refractivity contribution in [1.82, 2.24) is 14.5 Å². The summed E-state index contributed by atoms with van der Waals surface area (Å²) in [6.45, 7) is 8.11. The molecule has 2 unspecified atom stereocenters. The molecule has 1 heterocycles. The van der Waals surface area contributed by atoms with Crippen molar-refractivity contribution in [3.63, 3.8) is 0 Å². The van der Waals surface area contributed by atoms with Crippen LogP contribution in [-0.4, -0.2) is 49.8 Å². The third-order valence-electron chi connectivity index (χ3n) is 6.08. The van der Waals surface area contributed by atoms with Crippen LogP contribution in [0.25, 0.3) is 11.4 Å². The van der Waals surface area contributed by atoms with Crippen LogP contribution in [0.5, 0.6) is 0 Å². The summed E-state index contributed by atoms with van der Waals surface area (Å²) in [6, 6.07) is 12.0. The van der Waals surface area contributed by atoms with E-state index in [1.807, 2.05) is 18.4 Å². The maximum absolute atomic E-state index is 13.7. The van der Waals surface area contributed by atoms with Gasteiger partial charge in [-0.1, -0.05) is 32.9 Å². The smallest absolute Gasteiger partial charge is 0.274 e. The number of carbonyl (C=O) groups excluding carboxylic acids is 1. The molecule has 0 saturated carbocycles. The van der Waals surface area contributed by atoms with Gasteiger partial charge in [-0.2, -0.15) is 0 Å². The second-order valence-electron chi connectivity index (χ2n) is 9.39. The molecule has 6 nitrogen and oxygen atoms in total. The van der Waals surface area contributed by atoms with Crippen LogP contribution >= 0.6 is 0 Å². The zero-order valence-corrected chi connectivity index (χ0v) is 21.0. The number of amides is 1. The third-order valence-corrected chi connectivity index (χ3v) is 6.08. The van der Waals surface area contributed by atoms with E-state index in [-0.39, 0.29) is 42.1 Å². The number of imidazole rings is 1. The highest BCUT2D eigenvalue weighted by Gasteiger charge is 2.27. The van der Waals surface area contributed by atoms with Gasteiger partial charge in [-0.05, 0) is 67.1 Å². The fourth-order valence-electron chi connectivity index (χ4n) is 4.24. The molecule has 2 aromatic carbocycles. The lowest BCUT2D eigenvalue weighted by molar-refractivity contribution is 0.0742. The Bertz CT molecular complexity index is 1160. The number of carbonyl (C=O) groups is 1. The van der Waals surface area contributed by atoms with E-state index in [0.717, 1.165) is 0 Å². The van der Waals surface area contributed by atoms with Gasteiger partial charge < -0.3 is 19.7 Å². The van der Waals surface area contributed by atoms with Crippen LogP contribution in [-0.2, 0) is 13.1 Å². The summed E-state index contributed by atoms with van der Waals surface area (Å²) in [5.41, 5.74) is 2.24. The van der Waals surface area contributed by atoms with Crippen molar-refractivity contribution in [2.75, 3.05) is 7.05 Å². The SMILES string of the molecule is [CH2]CC(O)CC(O)CCn1c(-c2ccc(F)cc2)nc(C(=O)N(C)Cc2cccc(F)c2)c1C(C)C. The Kier molecular flexibility index (Phi) is 9.34. The second kappa shape index (κ2) is 12.2. The van der Waals surface area contributed by atoms with Crippen molar-refractivity contribution in [2.24, 2.45) is 0 Å². The van der Waals surface area contributed by atoms with E-state index in [2.05, 4.69) is 6.92 Å². The molecule has 2 atom stereocenters. The fourth-order valence-corrected chi connectivity index (χ4v) is 4.24. The number of nitrogens with zero attached hydrogens (tertiary/aromatic N) is 3. The number of benzene rings is 2. The molecule has 0 fully saturated rings. The Morgan fingerprint density at radius 3 is 2.39 bits per heavy atom. The molecule has 1 aromatic heterocycles. The zero-order chi connectivity index (χ0) is 26.4. The lowest BCUT2D eigenvalue weighted by atomic mass is 10.0. The minimum absolute atomic E-state index is 0.0872. The van der Waals surface area contributed by atoms with Crippen LogP contribution in [0.15, 0.2) is 48.5 Å². The van der Waals surface area contributed by atoms with Crippen LogP contribution in [0.4, 0.5) is 8.78 Å².